The largest absolute Gasteiger partial charge is 0.465 e. The van der Waals surface area contributed by atoms with Crippen LogP contribution in [0.15, 0.2) is 16.5 Å². The number of furan rings is 1. The van der Waals surface area contributed by atoms with Crippen molar-refractivity contribution in [3.05, 3.63) is 23.7 Å². The predicted octanol–water partition coefficient (Wildman–Crippen LogP) is 0.564. The lowest BCUT2D eigenvalue weighted by Gasteiger charge is -2.24. The fraction of sp³-hybridized carbons (Fsp3) is 0.636. The van der Waals surface area contributed by atoms with E-state index in [2.05, 4.69) is 0 Å². The molecule has 0 aliphatic heterocycles. The zero-order valence-corrected chi connectivity index (χ0v) is 11.3. The SMILES string of the molecule is Cc1ccc(C(CN)N(C)CCS(C)(=O)=O)o1. The molecule has 0 spiro atoms. The number of nitrogens with two attached hydrogens (primary N) is 1. The summed E-state index contributed by atoms with van der Waals surface area (Å²) in [4.78, 5) is 1.90. The van der Waals surface area contributed by atoms with Gasteiger partial charge in [-0.3, -0.25) is 4.90 Å². The van der Waals surface area contributed by atoms with E-state index in [1.807, 2.05) is 31.0 Å². The standard InChI is InChI=1S/C11H20N2O3S/c1-9-4-5-11(16-9)10(8-12)13(2)6-7-17(3,14)15/h4-5,10H,6-8,12H2,1-3H3. The van der Waals surface area contributed by atoms with Crippen LogP contribution in [-0.4, -0.2) is 45.5 Å². The Labute approximate surface area is 103 Å². The second-order valence-corrected chi connectivity index (χ2v) is 6.57. The van der Waals surface area contributed by atoms with Gasteiger partial charge in [-0.05, 0) is 26.1 Å². The molecule has 0 aliphatic carbocycles. The normalized spacial score (nSPS) is 14.2. The molecule has 0 bridgehead atoms. The summed E-state index contributed by atoms with van der Waals surface area (Å²) in [6, 6.07) is 3.68. The molecule has 1 aromatic heterocycles. The molecule has 17 heavy (non-hydrogen) atoms. The van der Waals surface area contributed by atoms with Crippen molar-refractivity contribution in [2.24, 2.45) is 5.73 Å². The Hall–Kier alpha value is -0.850. The average Bonchev–Trinajstić information content (AvgIpc) is 2.62. The second-order valence-electron chi connectivity index (χ2n) is 4.31. The van der Waals surface area contributed by atoms with Crippen molar-refractivity contribution in [1.29, 1.82) is 0 Å². The zero-order chi connectivity index (χ0) is 13.1. The Morgan fingerprint density at radius 2 is 2.12 bits per heavy atom. The van der Waals surface area contributed by atoms with E-state index < -0.39 is 9.84 Å². The Kier molecular flexibility index (Phi) is 4.73. The molecule has 5 nitrogen and oxygen atoms in total. The third-order valence-electron chi connectivity index (χ3n) is 2.66. The van der Waals surface area contributed by atoms with E-state index in [0.717, 1.165) is 11.5 Å². The highest BCUT2D eigenvalue weighted by Crippen LogP contribution is 2.20. The van der Waals surface area contributed by atoms with Crippen molar-refractivity contribution in [3.8, 4) is 0 Å². The molecular formula is C11H20N2O3S. The van der Waals surface area contributed by atoms with E-state index in [-0.39, 0.29) is 11.8 Å². The first-order valence-corrected chi connectivity index (χ1v) is 7.54. The van der Waals surface area contributed by atoms with Crippen molar-refractivity contribution in [2.75, 3.05) is 32.1 Å². The molecule has 1 heterocycles. The summed E-state index contributed by atoms with van der Waals surface area (Å²) in [5, 5.41) is 0. The number of aryl methyl sites for hydroxylation is 1. The number of sulfone groups is 1. The van der Waals surface area contributed by atoms with Gasteiger partial charge >= 0.3 is 0 Å². The van der Waals surface area contributed by atoms with Crippen molar-refractivity contribution in [3.63, 3.8) is 0 Å². The molecule has 0 aromatic carbocycles. The number of rotatable bonds is 6. The van der Waals surface area contributed by atoms with Gasteiger partial charge in [-0.15, -0.1) is 0 Å². The summed E-state index contributed by atoms with van der Waals surface area (Å²) in [5.74, 6) is 1.73. The maximum atomic E-state index is 11.1. The zero-order valence-electron chi connectivity index (χ0n) is 10.5. The molecule has 0 aliphatic rings. The molecule has 1 atom stereocenters. The van der Waals surface area contributed by atoms with Crippen molar-refractivity contribution >= 4 is 9.84 Å². The quantitative estimate of drug-likeness (QED) is 0.809. The molecule has 1 unspecified atom stereocenters. The lowest BCUT2D eigenvalue weighted by molar-refractivity contribution is 0.229. The fourth-order valence-corrected chi connectivity index (χ4v) is 2.23. The van der Waals surface area contributed by atoms with E-state index >= 15 is 0 Å². The van der Waals surface area contributed by atoms with Crippen LogP contribution in [-0.2, 0) is 9.84 Å². The van der Waals surface area contributed by atoms with Gasteiger partial charge in [-0.1, -0.05) is 0 Å². The van der Waals surface area contributed by atoms with Crippen LogP contribution >= 0.6 is 0 Å². The summed E-state index contributed by atoms with van der Waals surface area (Å²) in [5.41, 5.74) is 5.70. The maximum Gasteiger partial charge on any atom is 0.148 e. The van der Waals surface area contributed by atoms with Crippen LogP contribution in [0.2, 0.25) is 0 Å². The minimum atomic E-state index is -2.95. The van der Waals surface area contributed by atoms with Crippen LogP contribution in [0.5, 0.6) is 0 Å². The summed E-state index contributed by atoms with van der Waals surface area (Å²) >= 11 is 0. The summed E-state index contributed by atoms with van der Waals surface area (Å²) < 4.78 is 27.7. The van der Waals surface area contributed by atoms with E-state index in [1.165, 1.54) is 6.26 Å². The van der Waals surface area contributed by atoms with Gasteiger partial charge in [-0.25, -0.2) is 8.42 Å². The van der Waals surface area contributed by atoms with Crippen LogP contribution in [0.4, 0.5) is 0 Å². The highest BCUT2D eigenvalue weighted by Gasteiger charge is 2.19. The van der Waals surface area contributed by atoms with Crippen LogP contribution in [0.3, 0.4) is 0 Å². The lowest BCUT2D eigenvalue weighted by Crippen LogP contribution is -2.33. The highest BCUT2D eigenvalue weighted by molar-refractivity contribution is 7.90. The Morgan fingerprint density at radius 3 is 2.53 bits per heavy atom. The topological polar surface area (TPSA) is 76.5 Å². The monoisotopic (exact) mass is 260 g/mol. The van der Waals surface area contributed by atoms with Gasteiger partial charge < -0.3 is 10.2 Å². The molecule has 0 saturated carbocycles. The average molecular weight is 260 g/mol. The summed E-state index contributed by atoms with van der Waals surface area (Å²) in [6.45, 7) is 2.71. The minimum Gasteiger partial charge on any atom is -0.465 e. The third kappa shape index (κ3) is 4.49. The van der Waals surface area contributed by atoms with Gasteiger partial charge in [0.1, 0.15) is 21.4 Å². The van der Waals surface area contributed by atoms with Crippen LogP contribution in [0.25, 0.3) is 0 Å². The second kappa shape index (κ2) is 5.66. The highest BCUT2D eigenvalue weighted by atomic mass is 32.2. The summed E-state index contributed by atoms with van der Waals surface area (Å²) in [6.07, 6.45) is 1.23. The molecule has 6 heteroatoms. The van der Waals surface area contributed by atoms with Gasteiger partial charge in [0.05, 0.1) is 11.8 Å². The Morgan fingerprint density at radius 1 is 1.47 bits per heavy atom. The molecule has 0 amide bonds. The Bertz CT molecular complexity index is 453. The maximum absolute atomic E-state index is 11.1. The first kappa shape index (κ1) is 14.2. The first-order valence-electron chi connectivity index (χ1n) is 5.48. The van der Waals surface area contributed by atoms with Gasteiger partial charge in [-0.2, -0.15) is 0 Å². The molecule has 1 rings (SSSR count). The van der Waals surface area contributed by atoms with Gasteiger partial charge in [0, 0.05) is 19.3 Å². The predicted molar refractivity (Wildman–Crippen MR) is 67.6 cm³/mol. The fourth-order valence-electron chi connectivity index (χ4n) is 1.61. The molecule has 98 valence electrons. The number of hydrogen-bond acceptors (Lipinski definition) is 5. The number of likely N-dealkylation sites (N-methyl/N-ethyl adjacent to an activating group) is 1. The molecule has 1 aromatic rings. The van der Waals surface area contributed by atoms with E-state index in [9.17, 15) is 8.42 Å². The van der Waals surface area contributed by atoms with Crippen molar-refractivity contribution in [2.45, 2.75) is 13.0 Å². The lowest BCUT2D eigenvalue weighted by atomic mass is 10.2. The van der Waals surface area contributed by atoms with Gasteiger partial charge in [0.25, 0.3) is 0 Å². The molecule has 0 radical (unpaired) electrons. The van der Waals surface area contributed by atoms with E-state index in [4.69, 9.17) is 10.2 Å². The molecular weight excluding hydrogens is 240 g/mol. The first-order chi connectivity index (χ1) is 7.83. The van der Waals surface area contributed by atoms with Gasteiger partial charge in [0.15, 0.2) is 0 Å². The van der Waals surface area contributed by atoms with Crippen molar-refractivity contribution < 1.29 is 12.8 Å². The van der Waals surface area contributed by atoms with Crippen molar-refractivity contribution in [1.82, 2.24) is 4.90 Å². The number of nitrogens with zero attached hydrogens (tertiary/aromatic N) is 1. The summed E-state index contributed by atoms with van der Waals surface area (Å²) in [7, 11) is -1.10. The molecule has 2 N–H and O–H groups in total. The van der Waals surface area contributed by atoms with Crippen LogP contribution in [0.1, 0.15) is 17.6 Å². The Balaban J connectivity index is 2.68. The third-order valence-corrected chi connectivity index (χ3v) is 3.58. The molecule has 0 fully saturated rings. The minimum absolute atomic E-state index is 0.0783. The van der Waals surface area contributed by atoms with E-state index in [1.54, 1.807) is 0 Å². The smallest absolute Gasteiger partial charge is 0.148 e. The van der Waals surface area contributed by atoms with Gasteiger partial charge in [0.2, 0.25) is 0 Å². The molecule has 0 saturated heterocycles. The van der Waals surface area contributed by atoms with E-state index in [0.29, 0.717) is 13.1 Å². The van der Waals surface area contributed by atoms with Crippen LogP contribution in [0, 0.1) is 6.92 Å². The number of hydrogen-bond donors (Lipinski definition) is 1. The van der Waals surface area contributed by atoms with Crippen LogP contribution < -0.4 is 5.73 Å².